The molecule has 2 nitrogen and oxygen atoms in total. The van der Waals surface area contributed by atoms with Crippen molar-refractivity contribution in [3.63, 3.8) is 0 Å². The van der Waals surface area contributed by atoms with E-state index in [1.165, 1.54) is 6.07 Å². The van der Waals surface area contributed by atoms with Crippen molar-refractivity contribution in [1.29, 1.82) is 0 Å². The summed E-state index contributed by atoms with van der Waals surface area (Å²) in [6.45, 7) is 4.74. The number of hydrogen-bond acceptors (Lipinski definition) is 2. The summed E-state index contributed by atoms with van der Waals surface area (Å²) in [4.78, 5) is 0. The second kappa shape index (κ2) is 6.18. The Morgan fingerprint density at radius 2 is 2.12 bits per heavy atom. The first-order chi connectivity index (χ1) is 7.54. The van der Waals surface area contributed by atoms with Crippen molar-refractivity contribution in [1.82, 2.24) is 5.32 Å². The lowest BCUT2D eigenvalue weighted by atomic mass is 10.0. The van der Waals surface area contributed by atoms with Gasteiger partial charge in [0.25, 0.3) is 0 Å². The van der Waals surface area contributed by atoms with Gasteiger partial charge in [-0.3, -0.25) is 0 Å². The number of benzene rings is 1. The molecule has 0 spiro atoms. The highest BCUT2D eigenvalue weighted by atomic mass is 35.5. The molecule has 2 unspecified atom stereocenters. The van der Waals surface area contributed by atoms with Crippen LogP contribution in [0.15, 0.2) is 18.2 Å². The maximum atomic E-state index is 12.9. The van der Waals surface area contributed by atoms with Crippen LogP contribution in [0.4, 0.5) is 4.39 Å². The molecular weight excluding hydrogens is 229 g/mol. The second-order valence-electron chi connectivity index (χ2n) is 4.08. The number of aliphatic hydroxyl groups is 1. The van der Waals surface area contributed by atoms with Gasteiger partial charge in [-0.2, -0.15) is 0 Å². The molecule has 1 aromatic carbocycles. The summed E-state index contributed by atoms with van der Waals surface area (Å²) in [5.41, 5.74) is 0.934. The first-order valence-electron chi connectivity index (χ1n) is 5.32. The Kier molecular flexibility index (Phi) is 5.19. The summed E-state index contributed by atoms with van der Waals surface area (Å²) in [5, 5.41) is 12.4. The van der Waals surface area contributed by atoms with Gasteiger partial charge in [-0.1, -0.05) is 24.6 Å². The van der Waals surface area contributed by atoms with Crippen LogP contribution in [0.25, 0.3) is 0 Å². The standard InChI is InChI=1S/C12H17ClFNO/c1-8(7-16)9(2)15-6-10-3-4-12(14)11(13)5-10/h3-5,8-9,15-16H,6-7H2,1-2H3. The SMILES string of the molecule is CC(CO)C(C)NCc1ccc(F)c(Cl)c1. The van der Waals surface area contributed by atoms with Crippen LogP contribution in [-0.2, 0) is 6.54 Å². The molecule has 0 saturated heterocycles. The number of nitrogens with one attached hydrogen (secondary N) is 1. The lowest BCUT2D eigenvalue weighted by Gasteiger charge is -2.19. The average molecular weight is 246 g/mol. The summed E-state index contributed by atoms with van der Waals surface area (Å²) in [6.07, 6.45) is 0. The van der Waals surface area contributed by atoms with Gasteiger partial charge >= 0.3 is 0 Å². The van der Waals surface area contributed by atoms with E-state index in [2.05, 4.69) is 5.32 Å². The maximum absolute atomic E-state index is 12.9. The average Bonchev–Trinajstić information content (AvgIpc) is 2.29. The molecule has 16 heavy (non-hydrogen) atoms. The Labute approximate surface area is 100 Å². The lowest BCUT2D eigenvalue weighted by molar-refractivity contribution is 0.207. The van der Waals surface area contributed by atoms with Crippen molar-refractivity contribution in [3.8, 4) is 0 Å². The molecule has 0 saturated carbocycles. The van der Waals surface area contributed by atoms with Gasteiger partial charge in [0.15, 0.2) is 0 Å². The van der Waals surface area contributed by atoms with Crippen molar-refractivity contribution in [3.05, 3.63) is 34.6 Å². The quantitative estimate of drug-likeness (QED) is 0.836. The highest BCUT2D eigenvalue weighted by Gasteiger charge is 2.10. The maximum Gasteiger partial charge on any atom is 0.141 e. The van der Waals surface area contributed by atoms with Crippen molar-refractivity contribution >= 4 is 11.6 Å². The van der Waals surface area contributed by atoms with E-state index in [1.807, 2.05) is 13.8 Å². The minimum atomic E-state index is -0.401. The van der Waals surface area contributed by atoms with Gasteiger partial charge in [0.05, 0.1) is 5.02 Å². The Morgan fingerprint density at radius 3 is 2.69 bits per heavy atom. The molecule has 2 atom stereocenters. The molecule has 2 N–H and O–H groups in total. The normalized spacial score (nSPS) is 14.8. The van der Waals surface area contributed by atoms with Crippen molar-refractivity contribution in [2.75, 3.05) is 6.61 Å². The monoisotopic (exact) mass is 245 g/mol. The minimum absolute atomic E-state index is 0.141. The van der Waals surface area contributed by atoms with E-state index in [-0.39, 0.29) is 23.6 Å². The Morgan fingerprint density at radius 1 is 1.44 bits per heavy atom. The lowest BCUT2D eigenvalue weighted by Crippen LogP contribution is -2.33. The van der Waals surface area contributed by atoms with Gasteiger partial charge in [0.1, 0.15) is 5.82 Å². The summed E-state index contributed by atoms with van der Waals surface area (Å²) in [7, 11) is 0. The Hall–Kier alpha value is -0.640. The molecule has 0 heterocycles. The van der Waals surface area contributed by atoms with Crippen LogP contribution in [0.5, 0.6) is 0 Å². The Balaban J connectivity index is 2.51. The number of rotatable bonds is 5. The Bertz CT molecular complexity index is 346. The third kappa shape index (κ3) is 3.74. The highest BCUT2D eigenvalue weighted by Crippen LogP contribution is 2.16. The van der Waals surface area contributed by atoms with Gasteiger partial charge in [-0.25, -0.2) is 4.39 Å². The van der Waals surface area contributed by atoms with Crippen LogP contribution in [0, 0.1) is 11.7 Å². The van der Waals surface area contributed by atoms with Gasteiger partial charge in [-0.15, -0.1) is 0 Å². The molecule has 0 aliphatic heterocycles. The fourth-order valence-electron chi connectivity index (χ4n) is 1.29. The smallest absolute Gasteiger partial charge is 0.141 e. The van der Waals surface area contributed by atoms with E-state index < -0.39 is 5.82 Å². The van der Waals surface area contributed by atoms with Gasteiger partial charge < -0.3 is 10.4 Å². The summed E-state index contributed by atoms with van der Waals surface area (Å²) in [5.74, 6) is -0.210. The van der Waals surface area contributed by atoms with E-state index in [9.17, 15) is 4.39 Å². The van der Waals surface area contributed by atoms with Crippen LogP contribution in [0.1, 0.15) is 19.4 Å². The first kappa shape index (κ1) is 13.4. The van der Waals surface area contributed by atoms with E-state index in [0.717, 1.165) is 5.56 Å². The van der Waals surface area contributed by atoms with E-state index in [4.69, 9.17) is 16.7 Å². The van der Waals surface area contributed by atoms with Crippen molar-refractivity contribution < 1.29 is 9.50 Å². The van der Waals surface area contributed by atoms with Crippen LogP contribution in [-0.4, -0.2) is 17.8 Å². The van der Waals surface area contributed by atoms with Gasteiger partial charge in [0.2, 0.25) is 0 Å². The molecule has 90 valence electrons. The highest BCUT2D eigenvalue weighted by molar-refractivity contribution is 6.30. The van der Waals surface area contributed by atoms with Gasteiger partial charge in [-0.05, 0) is 30.5 Å². The first-order valence-corrected chi connectivity index (χ1v) is 5.70. The molecule has 0 aliphatic rings. The number of halogens is 2. The molecule has 1 aromatic rings. The van der Waals surface area contributed by atoms with E-state index in [0.29, 0.717) is 6.54 Å². The van der Waals surface area contributed by atoms with Crippen molar-refractivity contribution in [2.45, 2.75) is 26.4 Å². The third-order valence-electron chi connectivity index (χ3n) is 2.75. The van der Waals surface area contributed by atoms with Crippen LogP contribution in [0.2, 0.25) is 5.02 Å². The van der Waals surface area contributed by atoms with Crippen LogP contribution < -0.4 is 5.32 Å². The molecule has 0 fully saturated rings. The zero-order chi connectivity index (χ0) is 12.1. The van der Waals surface area contributed by atoms with E-state index in [1.54, 1.807) is 12.1 Å². The molecule has 1 rings (SSSR count). The molecule has 0 aliphatic carbocycles. The fourth-order valence-corrected chi connectivity index (χ4v) is 1.49. The molecule has 0 bridgehead atoms. The fraction of sp³-hybridized carbons (Fsp3) is 0.500. The second-order valence-corrected chi connectivity index (χ2v) is 4.49. The zero-order valence-corrected chi connectivity index (χ0v) is 10.3. The topological polar surface area (TPSA) is 32.3 Å². The number of aliphatic hydroxyl groups excluding tert-OH is 1. The molecule has 0 radical (unpaired) electrons. The molecule has 4 heteroatoms. The largest absolute Gasteiger partial charge is 0.396 e. The van der Waals surface area contributed by atoms with Crippen LogP contribution in [0.3, 0.4) is 0 Å². The van der Waals surface area contributed by atoms with Gasteiger partial charge in [0, 0.05) is 19.2 Å². The minimum Gasteiger partial charge on any atom is -0.396 e. The molecular formula is C12H17ClFNO. The van der Waals surface area contributed by atoms with Crippen LogP contribution >= 0.6 is 11.6 Å². The number of hydrogen-bond donors (Lipinski definition) is 2. The predicted octanol–water partition coefficient (Wildman–Crippen LogP) is 2.59. The third-order valence-corrected chi connectivity index (χ3v) is 3.04. The van der Waals surface area contributed by atoms with E-state index >= 15 is 0 Å². The molecule has 0 aromatic heterocycles. The predicted molar refractivity (Wildman–Crippen MR) is 64.0 cm³/mol. The summed E-state index contributed by atoms with van der Waals surface area (Å²) < 4.78 is 12.9. The summed E-state index contributed by atoms with van der Waals surface area (Å²) >= 11 is 5.68. The van der Waals surface area contributed by atoms with Crippen molar-refractivity contribution in [2.24, 2.45) is 5.92 Å². The molecule has 0 amide bonds. The summed E-state index contributed by atoms with van der Waals surface area (Å²) in [6, 6.07) is 4.87. The zero-order valence-electron chi connectivity index (χ0n) is 9.50.